The van der Waals surface area contributed by atoms with Crippen molar-refractivity contribution in [2.75, 3.05) is 11.5 Å². The predicted molar refractivity (Wildman–Crippen MR) is 119 cm³/mol. The highest BCUT2D eigenvalue weighted by Gasteiger charge is 2.62. The lowest BCUT2D eigenvalue weighted by atomic mass is 9.86. The molecule has 12 heteroatoms. The molecule has 1 atom stereocenters. The van der Waals surface area contributed by atoms with Crippen molar-refractivity contribution in [2.45, 2.75) is 31.5 Å². The molecule has 0 saturated carbocycles. The van der Waals surface area contributed by atoms with Crippen LogP contribution in [0.3, 0.4) is 0 Å². The summed E-state index contributed by atoms with van der Waals surface area (Å²) in [5, 5.41) is 2.49. The highest BCUT2D eigenvalue weighted by molar-refractivity contribution is 7.92. The van der Waals surface area contributed by atoms with Gasteiger partial charge in [0, 0.05) is 24.0 Å². The van der Waals surface area contributed by atoms with Crippen molar-refractivity contribution in [1.29, 1.82) is 0 Å². The van der Waals surface area contributed by atoms with Crippen LogP contribution in [0.2, 0.25) is 10.0 Å². The number of carbonyl (C=O) groups excluding carboxylic acids is 1. The molecule has 1 fully saturated rings. The second kappa shape index (κ2) is 8.49. The van der Waals surface area contributed by atoms with E-state index >= 15 is 0 Å². The van der Waals surface area contributed by atoms with Crippen LogP contribution in [0.1, 0.15) is 39.9 Å². The SMILES string of the molecule is Cc1cc(C2=NO[C@@](c3cc(Cl)c(F)c(Cl)c3)(C(F)(F)F)C2)ccc1C(=O)CC1CS(=O)(=O)C1. The van der Waals surface area contributed by atoms with Gasteiger partial charge in [-0.15, -0.1) is 0 Å². The number of aryl methyl sites for hydroxylation is 1. The van der Waals surface area contributed by atoms with Gasteiger partial charge in [-0.25, -0.2) is 12.8 Å². The molecule has 2 aromatic rings. The molecule has 0 bridgehead atoms. The molecule has 0 aliphatic carbocycles. The van der Waals surface area contributed by atoms with Crippen LogP contribution in [0.15, 0.2) is 35.5 Å². The summed E-state index contributed by atoms with van der Waals surface area (Å²) in [6.45, 7) is 1.63. The van der Waals surface area contributed by atoms with Gasteiger partial charge in [0.05, 0.1) is 27.3 Å². The minimum absolute atomic E-state index is 0.0268. The maximum absolute atomic E-state index is 14.2. The number of carbonyl (C=O) groups is 1. The molecule has 182 valence electrons. The first-order chi connectivity index (χ1) is 15.7. The van der Waals surface area contributed by atoms with Crippen molar-refractivity contribution in [3.63, 3.8) is 0 Å². The number of rotatable bonds is 5. The van der Waals surface area contributed by atoms with Gasteiger partial charge >= 0.3 is 6.18 Å². The molecule has 2 aromatic carbocycles. The van der Waals surface area contributed by atoms with Crippen molar-refractivity contribution >= 4 is 44.5 Å². The molecule has 2 heterocycles. The Morgan fingerprint density at radius 2 is 1.79 bits per heavy atom. The van der Waals surface area contributed by atoms with Crippen molar-refractivity contribution in [2.24, 2.45) is 11.1 Å². The van der Waals surface area contributed by atoms with Crippen LogP contribution in [-0.4, -0.2) is 37.6 Å². The van der Waals surface area contributed by atoms with E-state index in [2.05, 4.69) is 5.16 Å². The molecule has 5 nitrogen and oxygen atoms in total. The maximum Gasteiger partial charge on any atom is 0.435 e. The molecule has 0 N–H and O–H groups in total. The summed E-state index contributed by atoms with van der Waals surface area (Å²) < 4.78 is 78.8. The number of Topliss-reactive ketones (excluding diaryl/α,β-unsaturated/α-hetero) is 1. The molecular weight excluding hydrogens is 521 g/mol. The van der Waals surface area contributed by atoms with E-state index in [1.165, 1.54) is 18.2 Å². The van der Waals surface area contributed by atoms with Gasteiger partial charge in [-0.05, 0) is 42.2 Å². The normalized spacial score (nSPS) is 22.1. The number of halogens is 6. The smallest absolute Gasteiger partial charge is 0.374 e. The van der Waals surface area contributed by atoms with Crippen LogP contribution < -0.4 is 0 Å². The minimum Gasteiger partial charge on any atom is -0.374 e. The quantitative estimate of drug-likeness (QED) is 0.281. The van der Waals surface area contributed by atoms with Gasteiger partial charge in [-0.1, -0.05) is 40.5 Å². The van der Waals surface area contributed by atoms with Gasteiger partial charge in [-0.3, -0.25) is 4.79 Å². The number of oxime groups is 1. The fraction of sp³-hybridized carbons (Fsp3) is 0.364. The number of hydrogen-bond donors (Lipinski definition) is 0. The lowest BCUT2D eigenvalue weighted by molar-refractivity contribution is -0.275. The second-order valence-electron chi connectivity index (χ2n) is 8.48. The summed E-state index contributed by atoms with van der Waals surface area (Å²) in [5.41, 5.74) is -2.26. The highest BCUT2D eigenvalue weighted by Crippen LogP contribution is 2.50. The maximum atomic E-state index is 14.2. The number of ketones is 1. The molecule has 34 heavy (non-hydrogen) atoms. The summed E-state index contributed by atoms with van der Waals surface area (Å²) in [5.74, 6) is -1.57. The van der Waals surface area contributed by atoms with Gasteiger partial charge in [0.25, 0.3) is 5.60 Å². The first kappa shape index (κ1) is 24.9. The van der Waals surface area contributed by atoms with Crippen LogP contribution >= 0.6 is 23.2 Å². The van der Waals surface area contributed by atoms with Crippen molar-refractivity contribution < 1.29 is 35.6 Å². The zero-order valence-electron chi connectivity index (χ0n) is 17.5. The van der Waals surface area contributed by atoms with E-state index in [1.807, 2.05) is 0 Å². The van der Waals surface area contributed by atoms with E-state index < -0.39 is 49.5 Å². The topological polar surface area (TPSA) is 72.8 Å². The number of hydrogen-bond acceptors (Lipinski definition) is 5. The summed E-state index contributed by atoms with van der Waals surface area (Å²) in [6, 6.07) is 6.06. The molecule has 0 aromatic heterocycles. The van der Waals surface area contributed by atoms with Gasteiger partial charge < -0.3 is 4.84 Å². The lowest BCUT2D eigenvalue weighted by Gasteiger charge is -2.29. The Balaban J connectivity index is 1.59. The summed E-state index contributed by atoms with van der Waals surface area (Å²) in [4.78, 5) is 17.5. The van der Waals surface area contributed by atoms with E-state index in [4.69, 9.17) is 28.0 Å². The monoisotopic (exact) mass is 537 g/mol. The lowest BCUT2D eigenvalue weighted by Crippen LogP contribution is -2.42. The Kier molecular flexibility index (Phi) is 6.23. The first-order valence-electron chi connectivity index (χ1n) is 10.0. The molecular formula is C22H17Cl2F4NO4S. The molecule has 4 rings (SSSR count). The van der Waals surface area contributed by atoms with Gasteiger partial charge in [0.1, 0.15) is 0 Å². The van der Waals surface area contributed by atoms with E-state index in [-0.39, 0.29) is 35.3 Å². The predicted octanol–water partition coefficient (Wildman–Crippen LogP) is 5.64. The van der Waals surface area contributed by atoms with Crippen LogP contribution in [0.25, 0.3) is 0 Å². The second-order valence-corrected chi connectivity index (χ2v) is 11.5. The standard InChI is InChI=1S/C22H17Cl2F4NO4S/c1-11-4-13(2-3-15(11)19(30)5-12-9-34(31,32)10-12)18-8-21(33-29-18,22(26,27)28)14-6-16(23)20(25)17(24)7-14/h2-4,6-7,12H,5,8-10H2,1H3/t21-/m0/s1. The molecule has 0 spiro atoms. The van der Waals surface area contributed by atoms with Crippen molar-refractivity contribution in [3.05, 3.63) is 68.4 Å². The molecule has 2 aliphatic heterocycles. The number of nitrogens with zero attached hydrogens (tertiary/aromatic N) is 1. The number of sulfone groups is 1. The Morgan fingerprint density at radius 3 is 2.32 bits per heavy atom. The average Bonchev–Trinajstić information content (AvgIpc) is 3.17. The zero-order valence-corrected chi connectivity index (χ0v) is 19.9. The Morgan fingerprint density at radius 1 is 1.18 bits per heavy atom. The van der Waals surface area contributed by atoms with Crippen LogP contribution in [0.4, 0.5) is 17.6 Å². The van der Waals surface area contributed by atoms with E-state index in [0.29, 0.717) is 16.7 Å². The van der Waals surface area contributed by atoms with E-state index in [0.717, 1.165) is 12.1 Å². The third-order valence-electron chi connectivity index (χ3n) is 5.95. The Labute approximate surface area is 202 Å². The highest BCUT2D eigenvalue weighted by atomic mass is 35.5. The average molecular weight is 538 g/mol. The summed E-state index contributed by atoms with van der Waals surface area (Å²) in [7, 11) is -3.05. The molecule has 0 radical (unpaired) electrons. The largest absolute Gasteiger partial charge is 0.435 e. The van der Waals surface area contributed by atoms with Crippen LogP contribution in [0, 0.1) is 18.7 Å². The van der Waals surface area contributed by atoms with Gasteiger partial charge in [0.15, 0.2) is 21.4 Å². The Bertz CT molecular complexity index is 1290. The van der Waals surface area contributed by atoms with E-state index in [1.54, 1.807) is 6.92 Å². The molecule has 2 aliphatic rings. The number of benzene rings is 2. The van der Waals surface area contributed by atoms with Crippen molar-refractivity contribution in [1.82, 2.24) is 0 Å². The Hall–Kier alpha value is -2.17. The minimum atomic E-state index is -4.93. The fourth-order valence-electron chi connectivity index (χ4n) is 4.16. The van der Waals surface area contributed by atoms with Gasteiger partial charge in [-0.2, -0.15) is 13.2 Å². The first-order valence-corrected chi connectivity index (χ1v) is 12.6. The molecule has 0 amide bonds. The van der Waals surface area contributed by atoms with Crippen LogP contribution in [-0.2, 0) is 20.3 Å². The number of alkyl halides is 3. The molecule has 0 unspecified atom stereocenters. The van der Waals surface area contributed by atoms with Crippen LogP contribution in [0.5, 0.6) is 0 Å². The summed E-state index contributed by atoms with van der Waals surface area (Å²) >= 11 is 11.4. The summed E-state index contributed by atoms with van der Waals surface area (Å²) in [6.07, 6.45) is -5.58. The van der Waals surface area contributed by atoms with Crippen molar-refractivity contribution in [3.8, 4) is 0 Å². The zero-order chi connectivity index (χ0) is 25.1. The fourth-order valence-corrected chi connectivity index (χ4v) is 6.22. The van der Waals surface area contributed by atoms with E-state index in [9.17, 15) is 30.8 Å². The third-order valence-corrected chi connectivity index (χ3v) is 8.46. The molecule has 1 saturated heterocycles. The van der Waals surface area contributed by atoms with Gasteiger partial charge in [0.2, 0.25) is 0 Å². The third kappa shape index (κ3) is 4.43.